The summed E-state index contributed by atoms with van der Waals surface area (Å²) in [4.78, 5) is 12.0. The Kier molecular flexibility index (Phi) is 4.11. The highest BCUT2D eigenvalue weighted by molar-refractivity contribution is 5.67. The molecule has 1 N–H and O–H groups in total. The second-order valence-electron chi connectivity index (χ2n) is 3.13. The molecule has 1 fully saturated rings. The highest BCUT2D eigenvalue weighted by Gasteiger charge is 2.20. The number of carbonyl (C=O) groups is 1. The SMILES string of the molecule is O=C(O)COCCN1CCC(F)C1. The van der Waals surface area contributed by atoms with Crippen molar-refractivity contribution in [1.29, 1.82) is 0 Å². The molecule has 0 saturated carbocycles. The van der Waals surface area contributed by atoms with Crippen LogP contribution < -0.4 is 0 Å². The summed E-state index contributed by atoms with van der Waals surface area (Å²) in [5.74, 6) is -0.968. The van der Waals surface area contributed by atoms with Crippen molar-refractivity contribution in [3.8, 4) is 0 Å². The molecular formula is C8H14FNO3. The average molecular weight is 191 g/mol. The summed E-state index contributed by atoms with van der Waals surface area (Å²) in [6.45, 7) is 1.91. The molecule has 0 aliphatic carbocycles. The molecule has 1 atom stereocenters. The lowest BCUT2D eigenvalue weighted by molar-refractivity contribution is -0.142. The quantitative estimate of drug-likeness (QED) is 0.627. The zero-order valence-electron chi connectivity index (χ0n) is 7.41. The van der Waals surface area contributed by atoms with Crippen molar-refractivity contribution in [2.45, 2.75) is 12.6 Å². The molecule has 1 aliphatic heterocycles. The van der Waals surface area contributed by atoms with E-state index in [0.717, 1.165) is 6.54 Å². The summed E-state index contributed by atoms with van der Waals surface area (Å²) in [7, 11) is 0. The highest BCUT2D eigenvalue weighted by atomic mass is 19.1. The largest absolute Gasteiger partial charge is 0.480 e. The van der Waals surface area contributed by atoms with Gasteiger partial charge in [-0.3, -0.25) is 4.90 Å². The van der Waals surface area contributed by atoms with Gasteiger partial charge in [-0.2, -0.15) is 0 Å². The smallest absolute Gasteiger partial charge is 0.329 e. The van der Waals surface area contributed by atoms with Crippen LogP contribution >= 0.6 is 0 Å². The van der Waals surface area contributed by atoms with Crippen LogP contribution in [0.2, 0.25) is 0 Å². The molecular weight excluding hydrogens is 177 g/mol. The number of hydrogen-bond donors (Lipinski definition) is 1. The van der Waals surface area contributed by atoms with Crippen molar-refractivity contribution in [3.63, 3.8) is 0 Å². The molecule has 0 bridgehead atoms. The molecule has 0 amide bonds. The fourth-order valence-corrected chi connectivity index (χ4v) is 1.34. The Hall–Kier alpha value is -0.680. The first-order valence-corrected chi connectivity index (χ1v) is 4.34. The molecule has 0 spiro atoms. The van der Waals surface area contributed by atoms with Gasteiger partial charge in [-0.25, -0.2) is 9.18 Å². The van der Waals surface area contributed by atoms with Gasteiger partial charge < -0.3 is 9.84 Å². The van der Waals surface area contributed by atoms with Gasteiger partial charge in [0.2, 0.25) is 0 Å². The number of halogens is 1. The predicted octanol–water partition coefficient (Wildman–Crippen LogP) is 0.131. The summed E-state index contributed by atoms with van der Waals surface area (Å²) in [5.41, 5.74) is 0. The van der Waals surface area contributed by atoms with Gasteiger partial charge in [-0.05, 0) is 6.42 Å². The van der Waals surface area contributed by atoms with Gasteiger partial charge in [0.05, 0.1) is 6.61 Å². The molecule has 1 unspecified atom stereocenters. The van der Waals surface area contributed by atoms with E-state index in [2.05, 4.69) is 0 Å². The average Bonchev–Trinajstić information content (AvgIpc) is 2.45. The molecule has 1 heterocycles. The molecule has 1 rings (SSSR count). The number of ether oxygens (including phenoxy) is 1. The number of hydrogen-bond acceptors (Lipinski definition) is 3. The maximum atomic E-state index is 12.6. The summed E-state index contributed by atoms with van der Waals surface area (Å²) >= 11 is 0. The van der Waals surface area contributed by atoms with E-state index in [1.807, 2.05) is 4.90 Å². The first-order chi connectivity index (χ1) is 6.18. The number of aliphatic carboxylic acids is 1. The summed E-state index contributed by atoms with van der Waals surface area (Å²) in [6.07, 6.45) is -0.140. The number of nitrogens with zero attached hydrogens (tertiary/aromatic N) is 1. The van der Waals surface area contributed by atoms with Crippen LogP contribution in [0.3, 0.4) is 0 Å². The number of carboxylic acid groups (broad SMARTS) is 1. The van der Waals surface area contributed by atoms with Crippen LogP contribution in [0.15, 0.2) is 0 Å². The van der Waals surface area contributed by atoms with Gasteiger partial charge in [0.1, 0.15) is 12.8 Å². The number of rotatable bonds is 5. The van der Waals surface area contributed by atoms with Crippen LogP contribution in [0, 0.1) is 0 Å². The fourth-order valence-electron chi connectivity index (χ4n) is 1.34. The Labute approximate surface area is 76.3 Å². The molecule has 13 heavy (non-hydrogen) atoms. The molecule has 4 nitrogen and oxygen atoms in total. The van der Waals surface area contributed by atoms with E-state index in [4.69, 9.17) is 9.84 Å². The fraction of sp³-hybridized carbons (Fsp3) is 0.875. The second kappa shape index (κ2) is 5.14. The minimum absolute atomic E-state index is 0.271. The van der Waals surface area contributed by atoms with E-state index < -0.39 is 12.1 Å². The lowest BCUT2D eigenvalue weighted by atomic mass is 10.3. The van der Waals surface area contributed by atoms with E-state index >= 15 is 0 Å². The second-order valence-corrected chi connectivity index (χ2v) is 3.13. The molecule has 0 aromatic rings. The van der Waals surface area contributed by atoms with Crippen molar-refractivity contribution in [2.75, 3.05) is 32.8 Å². The summed E-state index contributed by atoms with van der Waals surface area (Å²) in [5, 5.41) is 8.25. The maximum Gasteiger partial charge on any atom is 0.329 e. The monoisotopic (exact) mass is 191 g/mol. The Morgan fingerprint density at radius 3 is 3.00 bits per heavy atom. The zero-order valence-corrected chi connectivity index (χ0v) is 7.41. The van der Waals surface area contributed by atoms with E-state index in [0.29, 0.717) is 26.1 Å². The van der Waals surface area contributed by atoms with E-state index in [9.17, 15) is 9.18 Å². The molecule has 1 saturated heterocycles. The van der Waals surface area contributed by atoms with E-state index in [1.165, 1.54) is 0 Å². The third kappa shape index (κ3) is 4.19. The molecule has 0 aromatic carbocycles. The van der Waals surface area contributed by atoms with Gasteiger partial charge in [0.15, 0.2) is 0 Å². The molecule has 76 valence electrons. The molecule has 1 aliphatic rings. The summed E-state index contributed by atoms with van der Waals surface area (Å²) in [6, 6.07) is 0. The van der Waals surface area contributed by atoms with E-state index in [1.54, 1.807) is 0 Å². The number of carboxylic acids is 1. The van der Waals surface area contributed by atoms with E-state index in [-0.39, 0.29) is 6.61 Å². The lowest BCUT2D eigenvalue weighted by Gasteiger charge is -2.13. The zero-order chi connectivity index (χ0) is 9.68. The van der Waals surface area contributed by atoms with Gasteiger partial charge >= 0.3 is 5.97 Å². The van der Waals surface area contributed by atoms with Crippen LogP contribution in [0.4, 0.5) is 4.39 Å². The van der Waals surface area contributed by atoms with Crippen molar-refractivity contribution >= 4 is 5.97 Å². The van der Waals surface area contributed by atoms with Gasteiger partial charge in [-0.1, -0.05) is 0 Å². The van der Waals surface area contributed by atoms with Crippen LogP contribution in [0.25, 0.3) is 0 Å². The first-order valence-electron chi connectivity index (χ1n) is 4.34. The van der Waals surface area contributed by atoms with Gasteiger partial charge in [0, 0.05) is 19.6 Å². The number of alkyl halides is 1. The lowest BCUT2D eigenvalue weighted by Crippen LogP contribution is -2.26. The Morgan fingerprint density at radius 1 is 1.69 bits per heavy atom. The topological polar surface area (TPSA) is 49.8 Å². The predicted molar refractivity (Wildman–Crippen MR) is 44.4 cm³/mol. The first kappa shape index (κ1) is 10.4. The summed E-state index contributed by atoms with van der Waals surface area (Å²) < 4.78 is 17.5. The van der Waals surface area contributed by atoms with Crippen molar-refractivity contribution in [3.05, 3.63) is 0 Å². The van der Waals surface area contributed by atoms with Crippen LogP contribution in [-0.2, 0) is 9.53 Å². The Morgan fingerprint density at radius 2 is 2.46 bits per heavy atom. The van der Waals surface area contributed by atoms with Crippen molar-refractivity contribution < 1.29 is 19.0 Å². The third-order valence-electron chi connectivity index (χ3n) is 1.99. The Balaban J connectivity index is 1.97. The van der Waals surface area contributed by atoms with Crippen LogP contribution in [0.1, 0.15) is 6.42 Å². The van der Waals surface area contributed by atoms with Crippen LogP contribution in [-0.4, -0.2) is 55.0 Å². The maximum absolute atomic E-state index is 12.6. The Bertz CT molecular complexity index is 177. The number of likely N-dealkylation sites (tertiary alicyclic amines) is 1. The minimum Gasteiger partial charge on any atom is -0.480 e. The van der Waals surface area contributed by atoms with Gasteiger partial charge in [0.25, 0.3) is 0 Å². The third-order valence-corrected chi connectivity index (χ3v) is 1.99. The van der Waals surface area contributed by atoms with Crippen LogP contribution in [0.5, 0.6) is 0 Å². The molecule has 0 aromatic heterocycles. The molecule has 5 heteroatoms. The highest BCUT2D eigenvalue weighted by Crippen LogP contribution is 2.10. The van der Waals surface area contributed by atoms with Crippen molar-refractivity contribution in [2.24, 2.45) is 0 Å². The normalized spacial score (nSPS) is 23.6. The standard InChI is InChI=1S/C8H14FNO3/c9-7-1-2-10(5-7)3-4-13-6-8(11)12/h7H,1-6H2,(H,11,12). The molecule has 0 radical (unpaired) electrons. The van der Waals surface area contributed by atoms with Gasteiger partial charge in [-0.15, -0.1) is 0 Å². The minimum atomic E-state index is -0.968. The van der Waals surface area contributed by atoms with Crippen molar-refractivity contribution in [1.82, 2.24) is 4.90 Å².